The molecule has 114 valence electrons. The fourth-order valence-corrected chi connectivity index (χ4v) is 3.10. The van der Waals surface area contributed by atoms with Crippen LogP contribution in [0.2, 0.25) is 0 Å². The zero-order valence-corrected chi connectivity index (χ0v) is 12.0. The van der Waals surface area contributed by atoms with Crippen molar-refractivity contribution in [2.75, 3.05) is 0 Å². The Balaban J connectivity index is 2.20. The minimum absolute atomic E-state index is 0.00635. The average molecular weight is 301 g/mol. The van der Waals surface area contributed by atoms with Crippen LogP contribution in [0.3, 0.4) is 0 Å². The number of carbonyl (C=O) groups is 1. The molecule has 1 aromatic carbocycles. The molecule has 4 nitrogen and oxygen atoms in total. The molecule has 0 amide bonds. The highest BCUT2D eigenvalue weighted by Gasteiger charge is 2.23. The van der Waals surface area contributed by atoms with Crippen molar-refractivity contribution in [3.8, 4) is 11.3 Å². The third kappa shape index (κ3) is 2.54. The number of aromatic carboxylic acids is 1. The summed E-state index contributed by atoms with van der Waals surface area (Å²) in [4.78, 5) is 23.8. The second-order valence-electron chi connectivity index (χ2n) is 5.56. The van der Waals surface area contributed by atoms with Gasteiger partial charge < -0.3 is 9.67 Å². The van der Waals surface area contributed by atoms with Crippen molar-refractivity contribution in [3.63, 3.8) is 0 Å². The van der Waals surface area contributed by atoms with Gasteiger partial charge in [0, 0.05) is 6.04 Å². The topological polar surface area (TPSA) is 59.3 Å². The minimum atomic E-state index is -1.22. The van der Waals surface area contributed by atoms with Gasteiger partial charge >= 0.3 is 5.97 Å². The van der Waals surface area contributed by atoms with Gasteiger partial charge in [0.1, 0.15) is 11.4 Å². The first-order valence-electron chi connectivity index (χ1n) is 7.32. The number of carboxylic acids is 1. The van der Waals surface area contributed by atoms with E-state index in [9.17, 15) is 14.0 Å². The number of halogens is 1. The first-order valence-corrected chi connectivity index (χ1v) is 7.32. The maximum atomic E-state index is 13.1. The number of pyridine rings is 1. The highest BCUT2D eigenvalue weighted by molar-refractivity contribution is 5.87. The van der Waals surface area contributed by atoms with Crippen LogP contribution < -0.4 is 5.56 Å². The lowest BCUT2D eigenvalue weighted by atomic mass is 10.1. The molecule has 1 fully saturated rings. The Morgan fingerprint density at radius 3 is 2.32 bits per heavy atom. The summed E-state index contributed by atoms with van der Waals surface area (Å²) in [7, 11) is 0. The van der Waals surface area contributed by atoms with Crippen LogP contribution in [0.15, 0.2) is 41.2 Å². The molecule has 1 aliphatic rings. The van der Waals surface area contributed by atoms with E-state index < -0.39 is 11.5 Å². The maximum Gasteiger partial charge on any atom is 0.341 e. The lowest BCUT2D eigenvalue weighted by Gasteiger charge is -2.19. The van der Waals surface area contributed by atoms with Crippen LogP contribution in [0.4, 0.5) is 4.39 Å². The average Bonchev–Trinajstić information content (AvgIpc) is 3.01. The first-order chi connectivity index (χ1) is 10.6. The van der Waals surface area contributed by atoms with E-state index in [1.165, 1.54) is 18.2 Å². The molecule has 2 aromatic rings. The van der Waals surface area contributed by atoms with E-state index in [2.05, 4.69) is 0 Å². The fraction of sp³-hybridized carbons (Fsp3) is 0.294. The number of hydrogen-bond donors (Lipinski definition) is 1. The van der Waals surface area contributed by atoms with Crippen molar-refractivity contribution in [1.29, 1.82) is 0 Å². The van der Waals surface area contributed by atoms with Crippen LogP contribution in [0, 0.1) is 5.82 Å². The van der Waals surface area contributed by atoms with Gasteiger partial charge in [0.05, 0.1) is 5.69 Å². The molecule has 0 aliphatic heterocycles. The zero-order chi connectivity index (χ0) is 15.7. The van der Waals surface area contributed by atoms with Crippen LogP contribution >= 0.6 is 0 Å². The van der Waals surface area contributed by atoms with Crippen LogP contribution in [-0.2, 0) is 0 Å². The van der Waals surface area contributed by atoms with Gasteiger partial charge in [-0.1, -0.05) is 12.8 Å². The molecule has 1 N–H and O–H groups in total. The maximum absolute atomic E-state index is 13.1. The van der Waals surface area contributed by atoms with E-state index in [1.807, 2.05) is 0 Å². The largest absolute Gasteiger partial charge is 0.477 e. The first kappa shape index (κ1) is 14.5. The van der Waals surface area contributed by atoms with Gasteiger partial charge in [0.2, 0.25) is 0 Å². The second-order valence-corrected chi connectivity index (χ2v) is 5.56. The third-order valence-electron chi connectivity index (χ3n) is 4.18. The van der Waals surface area contributed by atoms with Crippen LogP contribution in [-0.4, -0.2) is 15.6 Å². The molecule has 0 radical (unpaired) electrons. The van der Waals surface area contributed by atoms with Gasteiger partial charge in [-0.25, -0.2) is 9.18 Å². The Labute approximate surface area is 126 Å². The van der Waals surface area contributed by atoms with E-state index >= 15 is 0 Å². The SMILES string of the molecule is O=C(O)c1ccc(-c2ccc(F)cc2)n(C2CCCC2)c1=O. The zero-order valence-electron chi connectivity index (χ0n) is 12.0. The number of nitrogens with zero attached hydrogens (tertiary/aromatic N) is 1. The van der Waals surface area contributed by atoms with Crippen LogP contribution in [0.5, 0.6) is 0 Å². The molecular formula is C17H16FNO3. The summed E-state index contributed by atoms with van der Waals surface area (Å²) in [5.74, 6) is -1.57. The Hall–Kier alpha value is -2.43. The van der Waals surface area contributed by atoms with Gasteiger partial charge in [0.25, 0.3) is 5.56 Å². The van der Waals surface area contributed by atoms with Gasteiger partial charge in [0.15, 0.2) is 0 Å². The van der Waals surface area contributed by atoms with E-state index in [0.717, 1.165) is 25.7 Å². The quantitative estimate of drug-likeness (QED) is 0.944. The summed E-state index contributed by atoms with van der Waals surface area (Å²) in [6.45, 7) is 0. The Morgan fingerprint density at radius 2 is 1.73 bits per heavy atom. The Morgan fingerprint density at radius 1 is 1.09 bits per heavy atom. The smallest absolute Gasteiger partial charge is 0.341 e. The number of rotatable bonds is 3. The normalized spacial score (nSPS) is 15.1. The van der Waals surface area contributed by atoms with E-state index in [1.54, 1.807) is 22.8 Å². The van der Waals surface area contributed by atoms with E-state index in [-0.39, 0.29) is 17.4 Å². The second kappa shape index (κ2) is 5.75. The van der Waals surface area contributed by atoms with Crippen molar-refractivity contribution >= 4 is 5.97 Å². The summed E-state index contributed by atoms with van der Waals surface area (Å²) in [6.07, 6.45) is 3.77. The van der Waals surface area contributed by atoms with Gasteiger partial charge in [-0.2, -0.15) is 0 Å². The summed E-state index contributed by atoms with van der Waals surface area (Å²) in [5.41, 5.74) is 0.642. The minimum Gasteiger partial charge on any atom is -0.477 e. The predicted octanol–water partition coefficient (Wildman–Crippen LogP) is 3.47. The number of benzene rings is 1. The number of hydrogen-bond acceptors (Lipinski definition) is 2. The lowest BCUT2D eigenvalue weighted by molar-refractivity contribution is 0.0694. The molecule has 0 atom stereocenters. The molecule has 5 heteroatoms. The molecule has 0 unspecified atom stereocenters. The van der Waals surface area contributed by atoms with E-state index in [0.29, 0.717) is 11.3 Å². The Bertz CT molecular complexity index is 758. The summed E-state index contributed by atoms with van der Waals surface area (Å²) < 4.78 is 14.7. The van der Waals surface area contributed by atoms with Gasteiger partial charge in [-0.3, -0.25) is 4.79 Å². The molecule has 0 spiro atoms. The Kier molecular flexibility index (Phi) is 3.79. The molecule has 1 saturated carbocycles. The molecular weight excluding hydrogens is 285 g/mol. The summed E-state index contributed by atoms with van der Waals surface area (Å²) in [6, 6.07) is 8.86. The van der Waals surface area contributed by atoms with E-state index in [4.69, 9.17) is 5.11 Å². The number of carboxylic acid groups (broad SMARTS) is 1. The summed E-state index contributed by atoms with van der Waals surface area (Å²) in [5, 5.41) is 9.17. The van der Waals surface area contributed by atoms with Crippen molar-refractivity contribution < 1.29 is 14.3 Å². The predicted molar refractivity (Wildman–Crippen MR) is 80.6 cm³/mol. The summed E-state index contributed by atoms with van der Waals surface area (Å²) >= 11 is 0. The molecule has 1 aliphatic carbocycles. The molecule has 0 saturated heterocycles. The standard InChI is InChI=1S/C17H16FNO3/c18-12-7-5-11(6-8-12)15-10-9-14(17(21)22)16(20)19(15)13-3-1-2-4-13/h5-10,13H,1-4H2,(H,21,22). The van der Waals surface area contributed by atoms with Gasteiger partial charge in [-0.15, -0.1) is 0 Å². The molecule has 3 rings (SSSR count). The van der Waals surface area contributed by atoms with Gasteiger partial charge in [-0.05, 0) is 54.8 Å². The van der Waals surface area contributed by atoms with Crippen molar-refractivity contribution in [2.45, 2.75) is 31.7 Å². The van der Waals surface area contributed by atoms with Crippen molar-refractivity contribution in [3.05, 3.63) is 58.1 Å². The van der Waals surface area contributed by atoms with Crippen LogP contribution in [0.1, 0.15) is 42.1 Å². The highest BCUT2D eigenvalue weighted by atomic mass is 19.1. The lowest BCUT2D eigenvalue weighted by Crippen LogP contribution is -2.29. The third-order valence-corrected chi connectivity index (χ3v) is 4.18. The van der Waals surface area contributed by atoms with Crippen molar-refractivity contribution in [1.82, 2.24) is 4.57 Å². The highest BCUT2D eigenvalue weighted by Crippen LogP contribution is 2.32. The van der Waals surface area contributed by atoms with Crippen molar-refractivity contribution in [2.24, 2.45) is 0 Å². The fourth-order valence-electron chi connectivity index (χ4n) is 3.10. The molecule has 0 bridgehead atoms. The molecule has 1 heterocycles. The molecule has 22 heavy (non-hydrogen) atoms. The number of aromatic nitrogens is 1. The van der Waals surface area contributed by atoms with Crippen LogP contribution in [0.25, 0.3) is 11.3 Å². The monoisotopic (exact) mass is 301 g/mol. The molecule has 1 aromatic heterocycles.